The van der Waals surface area contributed by atoms with E-state index in [0.29, 0.717) is 18.8 Å². The standard InChI is InChI=1S/C19H29NO5/c1-4-12-23-17-7-5-6-16(20)19(21)24-13(2)18(17)25-15-10-8-14(22-3)9-11-15/h8-11,13,16-18H,4-7,12,20H2,1-3H3/t13-,16-,17-,18-/m0/s1. The third kappa shape index (κ3) is 5.61. The molecular formula is C19H29NO5. The molecule has 2 rings (SSSR count). The van der Waals surface area contributed by atoms with E-state index in [9.17, 15) is 4.79 Å². The number of hydrogen-bond donors (Lipinski definition) is 1. The lowest BCUT2D eigenvalue weighted by Gasteiger charge is -2.31. The number of methoxy groups -OCH3 is 1. The van der Waals surface area contributed by atoms with Gasteiger partial charge in [-0.1, -0.05) is 6.92 Å². The zero-order valence-corrected chi connectivity index (χ0v) is 15.3. The van der Waals surface area contributed by atoms with Crippen molar-refractivity contribution in [1.82, 2.24) is 0 Å². The Hall–Kier alpha value is -1.79. The maximum atomic E-state index is 12.1. The van der Waals surface area contributed by atoms with Crippen molar-refractivity contribution in [1.29, 1.82) is 0 Å². The van der Waals surface area contributed by atoms with E-state index in [2.05, 4.69) is 6.92 Å². The van der Waals surface area contributed by atoms with Gasteiger partial charge in [0.05, 0.1) is 13.2 Å². The molecule has 1 heterocycles. The fraction of sp³-hybridized carbons (Fsp3) is 0.632. The summed E-state index contributed by atoms with van der Waals surface area (Å²) in [6.45, 7) is 4.53. The second-order valence-electron chi connectivity index (χ2n) is 6.35. The predicted octanol–water partition coefficient (Wildman–Crippen LogP) is 2.68. The molecule has 1 aliphatic rings. The molecule has 1 fully saturated rings. The molecule has 0 bridgehead atoms. The molecule has 25 heavy (non-hydrogen) atoms. The van der Waals surface area contributed by atoms with Gasteiger partial charge < -0.3 is 24.7 Å². The first-order chi connectivity index (χ1) is 12.0. The topological polar surface area (TPSA) is 80.0 Å². The first-order valence-electron chi connectivity index (χ1n) is 8.93. The number of nitrogens with two attached hydrogens (primary N) is 1. The Bertz CT molecular complexity index is 533. The molecule has 6 nitrogen and oxygen atoms in total. The lowest BCUT2D eigenvalue weighted by Crippen LogP contribution is -2.45. The average molecular weight is 351 g/mol. The van der Waals surface area contributed by atoms with Gasteiger partial charge in [0.15, 0.2) is 6.10 Å². The summed E-state index contributed by atoms with van der Waals surface area (Å²) in [7, 11) is 1.62. The van der Waals surface area contributed by atoms with Crippen LogP contribution >= 0.6 is 0 Å². The highest BCUT2D eigenvalue weighted by atomic mass is 16.6. The largest absolute Gasteiger partial charge is 0.497 e. The first-order valence-corrected chi connectivity index (χ1v) is 8.93. The third-order valence-corrected chi connectivity index (χ3v) is 4.31. The summed E-state index contributed by atoms with van der Waals surface area (Å²) in [6.07, 6.45) is 2.06. The second-order valence-corrected chi connectivity index (χ2v) is 6.35. The number of carbonyl (C=O) groups excluding carboxylic acids is 1. The van der Waals surface area contributed by atoms with E-state index in [0.717, 1.165) is 25.0 Å². The molecule has 4 atom stereocenters. The van der Waals surface area contributed by atoms with Gasteiger partial charge in [-0.3, -0.25) is 4.79 Å². The average Bonchev–Trinajstić information content (AvgIpc) is 2.66. The van der Waals surface area contributed by atoms with E-state index >= 15 is 0 Å². The van der Waals surface area contributed by atoms with Crippen molar-refractivity contribution < 1.29 is 23.7 Å². The minimum atomic E-state index is -0.589. The molecule has 140 valence electrons. The summed E-state index contributed by atoms with van der Waals surface area (Å²) in [6, 6.07) is 6.75. The summed E-state index contributed by atoms with van der Waals surface area (Å²) >= 11 is 0. The Kier molecular flexibility index (Phi) is 7.52. The molecule has 0 radical (unpaired) electrons. The van der Waals surface area contributed by atoms with Gasteiger partial charge in [0.25, 0.3) is 0 Å². The quantitative estimate of drug-likeness (QED) is 0.794. The molecule has 0 saturated carbocycles. The van der Waals surface area contributed by atoms with Gasteiger partial charge in [-0.05, 0) is 56.9 Å². The molecule has 1 aliphatic heterocycles. The van der Waals surface area contributed by atoms with Crippen LogP contribution in [0, 0.1) is 0 Å². The summed E-state index contributed by atoms with van der Waals surface area (Å²) in [5, 5.41) is 0. The van der Waals surface area contributed by atoms with Gasteiger partial charge in [0.2, 0.25) is 0 Å². The van der Waals surface area contributed by atoms with Crippen LogP contribution in [0.25, 0.3) is 0 Å². The van der Waals surface area contributed by atoms with Crippen LogP contribution < -0.4 is 15.2 Å². The van der Waals surface area contributed by atoms with Crippen molar-refractivity contribution in [2.45, 2.75) is 63.9 Å². The van der Waals surface area contributed by atoms with E-state index in [1.54, 1.807) is 7.11 Å². The molecule has 0 aromatic heterocycles. The van der Waals surface area contributed by atoms with E-state index < -0.39 is 18.2 Å². The van der Waals surface area contributed by atoms with Crippen molar-refractivity contribution in [3.63, 3.8) is 0 Å². The highest BCUT2D eigenvalue weighted by Gasteiger charge is 2.34. The van der Waals surface area contributed by atoms with E-state index in [1.165, 1.54) is 0 Å². The first kappa shape index (κ1) is 19.5. The van der Waals surface area contributed by atoms with Crippen LogP contribution in [0.15, 0.2) is 24.3 Å². The normalized spacial score (nSPS) is 27.6. The van der Waals surface area contributed by atoms with Gasteiger partial charge in [-0.2, -0.15) is 0 Å². The molecule has 6 heteroatoms. The number of carbonyl (C=O) groups is 1. The second kappa shape index (κ2) is 9.63. The lowest BCUT2D eigenvalue weighted by atomic mass is 10.0. The number of benzene rings is 1. The fourth-order valence-corrected chi connectivity index (χ4v) is 2.89. The molecule has 1 aromatic rings. The Morgan fingerprint density at radius 1 is 1.20 bits per heavy atom. The molecule has 1 aromatic carbocycles. The van der Waals surface area contributed by atoms with Gasteiger partial charge >= 0.3 is 5.97 Å². The lowest BCUT2D eigenvalue weighted by molar-refractivity contribution is -0.158. The third-order valence-electron chi connectivity index (χ3n) is 4.31. The highest BCUT2D eigenvalue weighted by Crippen LogP contribution is 2.25. The zero-order valence-electron chi connectivity index (χ0n) is 15.3. The van der Waals surface area contributed by atoms with E-state index in [-0.39, 0.29) is 12.1 Å². The van der Waals surface area contributed by atoms with Crippen molar-refractivity contribution in [3.8, 4) is 11.5 Å². The maximum absolute atomic E-state index is 12.1. The van der Waals surface area contributed by atoms with E-state index in [1.807, 2.05) is 31.2 Å². The smallest absolute Gasteiger partial charge is 0.323 e. The van der Waals surface area contributed by atoms with Crippen molar-refractivity contribution in [2.24, 2.45) is 5.73 Å². The Labute approximate surface area is 149 Å². The van der Waals surface area contributed by atoms with Gasteiger partial charge in [0, 0.05) is 6.61 Å². The minimum absolute atomic E-state index is 0.157. The van der Waals surface area contributed by atoms with Crippen LogP contribution in [-0.4, -0.2) is 44.0 Å². The van der Waals surface area contributed by atoms with Crippen molar-refractivity contribution in [2.75, 3.05) is 13.7 Å². The SMILES string of the molecule is CCCO[C@H]1CCC[C@H](N)C(=O)O[C@@H](C)[C@@H]1Oc1ccc(OC)cc1. The van der Waals surface area contributed by atoms with Crippen LogP contribution in [0.1, 0.15) is 39.5 Å². The van der Waals surface area contributed by atoms with Crippen LogP contribution in [-0.2, 0) is 14.3 Å². The van der Waals surface area contributed by atoms with Gasteiger partial charge in [0.1, 0.15) is 23.6 Å². The van der Waals surface area contributed by atoms with Gasteiger partial charge in [-0.15, -0.1) is 0 Å². The number of ether oxygens (including phenoxy) is 4. The monoisotopic (exact) mass is 351 g/mol. The van der Waals surface area contributed by atoms with Crippen LogP contribution in [0.4, 0.5) is 0 Å². The Morgan fingerprint density at radius 2 is 1.88 bits per heavy atom. The summed E-state index contributed by atoms with van der Waals surface area (Å²) in [5.41, 5.74) is 5.88. The Morgan fingerprint density at radius 3 is 2.52 bits per heavy atom. The maximum Gasteiger partial charge on any atom is 0.323 e. The zero-order chi connectivity index (χ0) is 18.2. The van der Waals surface area contributed by atoms with E-state index in [4.69, 9.17) is 24.7 Å². The predicted molar refractivity (Wildman–Crippen MR) is 94.8 cm³/mol. The van der Waals surface area contributed by atoms with Crippen LogP contribution in [0.5, 0.6) is 11.5 Å². The van der Waals surface area contributed by atoms with Crippen LogP contribution in [0.3, 0.4) is 0 Å². The molecule has 0 unspecified atom stereocenters. The number of cyclic esters (lactones) is 1. The van der Waals surface area contributed by atoms with Gasteiger partial charge in [-0.25, -0.2) is 0 Å². The molecular weight excluding hydrogens is 322 g/mol. The number of rotatable bonds is 6. The fourth-order valence-electron chi connectivity index (χ4n) is 2.89. The molecule has 0 spiro atoms. The number of esters is 1. The minimum Gasteiger partial charge on any atom is -0.497 e. The van der Waals surface area contributed by atoms with Crippen molar-refractivity contribution >= 4 is 5.97 Å². The molecule has 1 saturated heterocycles. The van der Waals surface area contributed by atoms with Crippen molar-refractivity contribution in [3.05, 3.63) is 24.3 Å². The summed E-state index contributed by atoms with van der Waals surface area (Å²) in [4.78, 5) is 12.1. The summed E-state index contributed by atoms with van der Waals surface area (Å²) < 4.78 is 22.9. The van der Waals surface area contributed by atoms with Crippen LogP contribution in [0.2, 0.25) is 0 Å². The molecule has 2 N–H and O–H groups in total. The Balaban J connectivity index is 2.18. The molecule has 0 amide bonds. The number of hydrogen-bond acceptors (Lipinski definition) is 6. The molecule has 0 aliphatic carbocycles. The highest BCUT2D eigenvalue weighted by molar-refractivity contribution is 5.75. The summed E-state index contributed by atoms with van der Waals surface area (Å²) in [5.74, 6) is 1.06.